The SMILES string of the molecule is Cc1c(Cl)c(O)cc(O)c1C(=O)OC1CC2(C)C3CC(C)(C)CC3(O)C=C(CO)C12O. The second kappa shape index (κ2) is 6.61. The number of rotatable bonds is 3. The van der Waals surface area contributed by atoms with E-state index in [1.807, 2.05) is 6.92 Å². The molecule has 0 spiro atoms. The fourth-order valence-corrected chi connectivity index (χ4v) is 6.59. The van der Waals surface area contributed by atoms with Crippen LogP contribution in [0.25, 0.3) is 0 Å². The average molecular weight is 453 g/mol. The molecule has 8 heteroatoms. The zero-order valence-electron chi connectivity index (χ0n) is 18.1. The first kappa shape index (κ1) is 22.4. The summed E-state index contributed by atoms with van der Waals surface area (Å²) in [7, 11) is 0. The van der Waals surface area contributed by atoms with Gasteiger partial charge in [0.05, 0.1) is 17.2 Å². The van der Waals surface area contributed by atoms with Gasteiger partial charge in [0.15, 0.2) is 0 Å². The van der Waals surface area contributed by atoms with E-state index in [1.165, 1.54) is 6.92 Å². The van der Waals surface area contributed by atoms with Crippen molar-refractivity contribution in [2.45, 2.75) is 64.3 Å². The third-order valence-electron chi connectivity index (χ3n) is 7.83. The van der Waals surface area contributed by atoms with E-state index in [4.69, 9.17) is 16.3 Å². The molecule has 5 N–H and O–H groups in total. The summed E-state index contributed by atoms with van der Waals surface area (Å²) in [6.07, 6.45) is 2.08. The molecule has 0 bridgehead atoms. The number of ether oxygens (including phenoxy) is 1. The van der Waals surface area contributed by atoms with Gasteiger partial charge in [-0.05, 0) is 48.8 Å². The average Bonchev–Trinajstić information content (AvgIpc) is 2.92. The van der Waals surface area contributed by atoms with Crippen LogP contribution in [0, 0.1) is 23.7 Å². The predicted octanol–water partition coefficient (Wildman–Crippen LogP) is 2.83. The van der Waals surface area contributed by atoms with Crippen LogP contribution < -0.4 is 0 Å². The third kappa shape index (κ3) is 2.86. The number of phenols is 2. The summed E-state index contributed by atoms with van der Waals surface area (Å²) < 4.78 is 5.61. The Bertz CT molecular complexity index is 1000. The minimum absolute atomic E-state index is 0.0752. The highest BCUT2D eigenvalue weighted by molar-refractivity contribution is 6.33. The molecule has 31 heavy (non-hydrogen) atoms. The first-order chi connectivity index (χ1) is 14.2. The van der Waals surface area contributed by atoms with Crippen LogP contribution in [0.3, 0.4) is 0 Å². The van der Waals surface area contributed by atoms with Crippen molar-refractivity contribution in [3.8, 4) is 11.5 Å². The van der Waals surface area contributed by atoms with Crippen LogP contribution in [-0.2, 0) is 4.74 Å². The summed E-state index contributed by atoms with van der Waals surface area (Å²) in [5.41, 5.74) is -3.51. The maximum absolute atomic E-state index is 12.9. The summed E-state index contributed by atoms with van der Waals surface area (Å²) in [6.45, 7) is 6.98. The van der Waals surface area contributed by atoms with Crippen LogP contribution in [0.1, 0.15) is 56.0 Å². The Morgan fingerprint density at radius 3 is 2.45 bits per heavy atom. The van der Waals surface area contributed by atoms with Gasteiger partial charge in [-0.1, -0.05) is 32.4 Å². The van der Waals surface area contributed by atoms with Crippen molar-refractivity contribution < 1.29 is 35.1 Å². The summed E-state index contributed by atoms with van der Waals surface area (Å²) in [5, 5.41) is 52.9. The Morgan fingerprint density at radius 2 is 1.84 bits per heavy atom. The molecule has 7 nitrogen and oxygen atoms in total. The van der Waals surface area contributed by atoms with Gasteiger partial charge in [-0.25, -0.2) is 4.79 Å². The van der Waals surface area contributed by atoms with Crippen LogP contribution in [-0.4, -0.2) is 55.4 Å². The van der Waals surface area contributed by atoms with Gasteiger partial charge in [0.25, 0.3) is 0 Å². The molecule has 0 heterocycles. The largest absolute Gasteiger partial charge is 0.507 e. The van der Waals surface area contributed by atoms with Crippen molar-refractivity contribution in [1.82, 2.24) is 0 Å². The lowest BCUT2D eigenvalue weighted by Gasteiger charge is -2.66. The molecule has 1 aromatic rings. The Labute approximate surface area is 185 Å². The van der Waals surface area contributed by atoms with Crippen LogP contribution in [0.15, 0.2) is 17.7 Å². The Morgan fingerprint density at radius 1 is 1.19 bits per heavy atom. The molecule has 3 aliphatic rings. The van der Waals surface area contributed by atoms with Gasteiger partial charge in [0.1, 0.15) is 28.8 Å². The highest BCUT2D eigenvalue weighted by atomic mass is 35.5. The molecule has 0 amide bonds. The van der Waals surface area contributed by atoms with Gasteiger partial charge in [0, 0.05) is 17.4 Å². The molecule has 4 rings (SSSR count). The molecule has 1 aromatic carbocycles. The highest BCUT2D eigenvalue weighted by Crippen LogP contribution is 2.69. The first-order valence-corrected chi connectivity index (χ1v) is 10.8. The van der Waals surface area contributed by atoms with E-state index >= 15 is 0 Å². The van der Waals surface area contributed by atoms with Gasteiger partial charge in [-0.2, -0.15) is 0 Å². The van der Waals surface area contributed by atoms with Crippen molar-refractivity contribution >= 4 is 17.6 Å². The van der Waals surface area contributed by atoms with Gasteiger partial charge in [-0.3, -0.25) is 0 Å². The molecule has 170 valence electrons. The summed E-state index contributed by atoms with van der Waals surface area (Å²) in [4.78, 5) is 12.9. The number of fused-ring (bicyclic) bond motifs is 3. The molecule has 2 fully saturated rings. The van der Waals surface area contributed by atoms with E-state index in [0.717, 1.165) is 6.07 Å². The minimum atomic E-state index is -1.64. The number of hydrogen-bond acceptors (Lipinski definition) is 7. The minimum Gasteiger partial charge on any atom is -0.507 e. The molecule has 0 aromatic heterocycles. The van der Waals surface area contributed by atoms with Crippen LogP contribution in [0.4, 0.5) is 0 Å². The number of hydrogen-bond donors (Lipinski definition) is 5. The number of carbonyl (C=O) groups is 1. The van der Waals surface area contributed by atoms with Crippen LogP contribution >= 0.6 is 11.6 Å². The lowest BCUT2D eigenvalue weighted by molar-refractivity contribution is -0.264. The number of aliphatic hydroxyl groups is 3. The van der Waals surface area contributed by atoms with Crippen molar-refractivity contribution in [3.63, 3.8) is 0 Å². The molecule has 5 atom stereocenters. The van der Waals surface area contributed by atoms with Gasteiger partial charge < -0.3 is 30.3 Å². The Hall–Kier alpha value is -1.80. The highest BCUT2D eigenvalue weighted by Gasteiger charge is 2.75. The fraction of sp³-hybridized carbons (Fsp3) is 0.609. The quantitative estimate of drug-likeness (QED) is 0.352. The molecule has 2 saturated carbocycles. The molecule has 0 radical (unpaired) electrons. The molecular formula is C23H29ClO7. The number of aromatic hydroxyl groups is 2. The molecule has 0 saturated heterocycles. The number of halogens is 1. The first-order valence-electron chi connectivity index (χ1n) is 10.4. The number of phenolic OH excluding ortho intramolecular Hbond substituents is 2. The Balaban J connectivity index is 1.69. The van der Waals surface area contributed by atoms with Gasteiger partial charge in [-0.15, -0.1) is 0 Å². The van der Waals surface area contributed by atoms with Crippen molar-refractivity contribution in [1.29, 1.82) is 0 Å². The zero-order valence-corrected chi connectivity index (χ0v) is 18.8. The van der Waals surface area contributed by atoms with Gasteiger partial charge >= 0.3 is 5.97 Å². The monoisotopic (exact) mass is 452 g/mol. The normalized spacial score (nSPS) is 38.0. The number of aliphatic hydroxyl groups excluding tert-OH is 1. The number of benzene rings is 1. The van der Waals surface area contributed by atoms with E-state index in [1.54, 1.807) is 6.08 Å². The summed E-state index contributed by atoms with van der Waals surface area (Å²) in [6, 6.07) is 0.964. The Kier molecular flexibility index (Phi) is 4.77. The second-order valence-electron chi connectivity index (χ2n) is 10.4. The third-order valence-corrected chi connectivity index (χ3v) is 8.31. The molecular weight excluding hydrogens is 424 g/mol. The molecule has 0 aliphatic heterocycles. The van der Waals surface area contributed by atoms with Crippen molar-refractivity contribution in [2.75, 3.05) is 6.61 Å². The standard InChI is InChI=1S/C23H29ClO7/c1-11-17(13(26)5-14(27)18(11)24)19(28)31-16-8-21(4)15-7-20(2,3)10-22(15,29)6-12(9-25)23(16,21)30/h5-6,15-16,25-27,29-30H,7-10H2,1-4H3. The summed E-state index contributed by atoms with van der Waals surface area (Å²) >= 11 is 6.00. The molecule has 5 unspecified atom stereocenters. The van der Waals surface area contributed by atoms with E-state index in [-0.39, 0.29) is 38.8 Å². The van der Waals surface area contributed by atoms with E-state index in [2.05, 4.69) is 13.8 Å². The predicted molar refractivity (Wildman–Crippen MR) is 113 cm³/mol. The lowest BCUT2D eigenvalue weighted by Crippen LogP contribution is -2.75. The molecule has 3 aliphatic carbocycles. The lowest BCUT2D eigenvalue weighted by atomic mass is 9.43. The smallest absolute Gasteiger partial charge is 0.342 e. The maximum Gasteiger partial charge on any atom is 0.342 e. The van der Waals surface area contributed by atoms with Crippen LogP contribution in [0.5, 0.6) is 11.5 Å². The number of carbonyl (C=O) groups excluding carboxylic acids is 1. The zero-order chi connectivity index (χ0) is 23.1. The van der Waals surface area contributed by atoms with Crippen molar-refractivity contribution in [2.24, 2.45) is 16.7 Å². The van der Waals surface area contributed by atoms with E-state index < -0.39 is 41.0 Å². The number of esters is 1. The van der Waals surface area contributed by atoms with Crippen LogP contribution in [0.2, 0.25) is 5.02 Å². The second-order valence-corrected chi connectivity index (χ2v) is 10.8. The van der Waals surface area contributed by atoms with Crippen molar-refractivity contribution in [3.05, 3.63) is 33.9 Å². The topological polar surface area (TPSA) is 127 Å². The summed E-state index contributed by atoms with van der Waals surface area (Å²) in [5.74, 6) is -1.98. The van der Waals surface area contributed by atoms with E-state index in [0.29, 0.717) is 19.3 Å². The fourth-order valence-electron chi connectivity index (χ4n) is 6.44. The van der Waals surface area contributed by atoms with E-state index in [9.17, 15) is 30.3 Å². The maximum atomic E-state index is 12.9. The van der Waals surface area contributed by atoms with Gasteiger partial charge in [0.2, 0.25) is 0 Å².